The molecular weight excluding hydrogens is 228 g/mol. The Morgan fingerprint density at radius 1 is 1.39 bits per heavy atom. The molecule has 2 aromatic rings. The lowest BCUT2D eigenvalue weighted by Crippen LogP contribution is -2.13. The molecule has 2 N–H and O–H groups in total. The molecular formula is C13H16N4O. The normalized spacial score (nSPS) is 10.2. The van der Waals surface area contributed by atoms with Crippen LogP contribution in [0.4, 0.5) is 11.4 Å². The Morgan fingerprint density at radius 2 is 2.17 bits per heavy atom. The highest BCUT2D eigenvalue weighted by molar-refractivity contribution is 6.05. The van der Waals surface area contributed by atoms with Crippen molar-refractivity contribution in [2.45, 2.75) is 6.92 Å². The first-order chi connectivity index (χ1) is 8.58. The Balaban J connectivity index is 2.17. The van der Waals surface area contributed by atoms with Crippen LogP contribution in [-0.2, 0) is 0 Å². The molecule has 94 valence electrons. The van der Waals surface area contributed by atoms with E-state index in [1.54, 1.807) is 0 Å². The van der Waals surface area contributed by atoms with Gasteiger partial charge in [-0.15, -0.1) is 0 Å². The number of aromatic nitrogens is 2. The van der Waals surface area contributed by atoms with Gasteiger partial charge in [-0.05, 0) is 25.1 Å². The molecule has 0 aliphatic carbocycles. The minimum absolute atomic E-state index is 0.155. The first-order valence-corrected chi connectivity index (χ1v) is 5.66. The van der Waals surface area contributed by atoms with Crippen LogP contribution in [0.1, 0.15) is 16.1 Å². The highest BCUT2D eigenvalue weighted by atomic mass is 16.1. The second kappa shape index (κ2) is 4.91. The maximum Gasteiger partial charge on any atom is 0.259 e. The predicted molar refractivity (Wildman–Crippen MR) is 72.0 cm³/mol. The van der Waals surface area contributed by atoms with E-state index < -0.39 is 0 Å². The van der Waals surface area contributed by atoms with Gasteiger partial charge in [-0.2, -0.15) is 5.10 Å². The highest BCUT2D eigenvalue weighted by Gasteiger charge is 2.11. The third-order valence-corrected chi connectivity index (χ3v) is 2.69. The van der Waals surface area contributed by atoms with Gasteiger partial charge in [-0.3, -0.25) is 9.89 Å². The van der Waals surface area contributed by atoms with Crippen LogP contribution in [0.25, 0.3) is 0 Å². The van der Waals surface area contributed by atoms with E-state index in [1.165, 1.54) is 6.20 Å². The molecule has 2 rings (SSSR count). The lowest BCUT2D eigenvalue weighted by Gasteiger charge is -2.13. The summed E-state index contributed by atoms with van der Waals surface area (Å²) in [6, 6.07) is 7.68. The molecule has 0 saturated heterocycles. The zero-order valence-corrected chi connectivity index (χ0v) is 10.7. The van der Waals surface area contributed by atoms with E-state index >= 15 is 0 Å². The van der Waals surface area contributed by atoms with Gasteiger partial charge in [0.05, 0.1) is 11.8 Å². The molecule has 5 heteroatoms. The average Bonchev–Trinajstić information content (AvgIpc) is 2.76. The van der Waals surface area contributed by atoms with Crippen molar-refractivity contribution in [1.29, 1.82) is 0 Å². The van der Waals surface area contributed by atoms with E-state index in [2.05, 4.69) is 15.5 Å². The largest absolute Gasteiger partial charge is 0.378 e. The number of hydrogen-bond acceptors (Lipinski definition) is 3. The van der Waals surface area contributed by atoms with Gasteiger partial charge in [0, 0.05) is 31.2 Å². The number of hydrogen-bond donors (Lipinski definition) is 2. The molecule has 0 aliphatic rings. The number of aromatic amines is 1. The van der Waals surface area contributed by atoms with Gasteiger partial charge in [0.15, 0.2) is 0 Å². The van der Waals surface area contributed by atoms with Gasteiger partial charge in [0.1, 0.15) is 0 Å². The predicted octanol–water partition coefficient (Wildman–Crippen LogP) is 2.04. The number of carbonyl (C=O) groups excluding carboxylic acids is 1. The van der Waals surface area contributed by atoms with Crippen LogP contribution in [0.15, 0.2) is 30.5 Å². The monoisotopic (exact) mass is 244 g/mol. The summed E-state index contributed by atoms with van der Waals surface area (Å²) in [5.41, 5.74) is 3.13. The average molecular weight is 244 g/mol. The molecule has 0 saturated carbocycles. The number of nitrogens with zero attached hydrogens (tertiary/aromatic N) is 2. The molecule has 1 aromatic carbocycles. The van der Waals surface area contributed by atoms with Gasteiger partial charge in [-0.1, -0.05) is 6.07 Å². The van der Waals surface area contributed by atoms with Crippen molar-refractivity contribution in [3.8, 4) is 0 Å². The van der Waals surface area contributed by atoms with Gasteiger partial charge >= 0.3 is 0 Å². The van der Waals surface area contributed by atoms with Crippen molar-refractivity contribution < 1.29 is 4.79 Å². The van der Waals surface area contributed by atoms with Gasteiger partial charge < -0.3 is 10.2 Å². The second-order valence-corrected chi connectivity index (χ2v) is 4.31. The van der Waals surface area contributed by atoms with Crippen molar-refractivity contribution in [2.24, 2.45) is 0 Å². The molecule has 0 spiro atoms. The Labute approximate surface area is 106 Å². The van der Waals surface area contributed by atoms with Crippen molar-refractivity contribution in [2.75, 3.05) is 24.3 Å². The molecule has 18 heavy (non-hydrogen) atoms. The summed E-state index contributed by atoms with van der Waals surface area (Å²) in [6.07, 6.45) is 1.53. The third-order valence-electron chi connectivity index (χ3n) is 2.69. The number of amides is 1. The standard InChI is InChI=1S/C13H16N4O/c1-9-12(8-14-16-9)13(18)15-10-5-4-6-11(7-10)17(2)3/h4-8H,1-3H3,(H,14,16)(H,15,18). The summed E-state index contributed by atoms with van der Waals surface area (Å²) in [4.78, 5) is 14.0. The Kier molecular flexibility index (Phi) is 3.32. The summed E-state index contributed by atoms with van der Waals surface area (Å²) >= 11 is 0. The van der Waals surface area contributed by atoms with E-state index in [1.807, 2.05) is 50.2 Å². The van der Waals surface area contributed by atoms with Crippen LogP contribution < -0.4 is 10.2 Å². The number of anilines is 2. The zero-order valence-electron chi connectivity index (χ0n) is 10.7. The van der Waals surface area contributed by atoms with Crippen molar-refractivity contribution in [3.05, 3.63) is 41.7 Å². The molecule has 1 heterocycles. The van der Waals surface area contributed by atoms with Gasteiger partial charge in [-0.25, -0.2) is 0 Å². The molecule has 1 aromatic heterocycles. The Bertz CT molecular complexity index is 560. The SMILES string of the molecule is Cc1[nH]ncc1C(=O)Nc1cccc(N(C)C)c1. The molecule has 0 fully saturated rings. The van der Waals surface area contributed by atoms with Crippen LogP contribution in [0, 0.1) is 6.92 Å². The molecule has 5 nitrogen and oxygen atoms in total. The topological polar surface area (TPSA) is 61.0 Å². The van der Waals surface area contributed by atoms with E-state index in [0.717, 1.165) is 17.1 Å². The fourth-order valence-corrected chi connectivity index (χ4v) is 1.64. The third kappa shape index (κ3) is 2.51. The van der Waals surface area contributed by atoms with E-state index in [0.29, 0.717) is 5.56 Å². The molecule has 1 amide bonds. The van der Waals surface area contributed by atoms with Crippen molar-refractivity contribution in [1.82, 2.24) is 10.2 Å². The second-order valence-electron chi connectivity index (χ2n) is 4.31. The molecule has 0 bridgehead atoms. The number of aryl methyl sites for hydroxylation is 1. The quantitative estimate of drug-likeness (QED) is 0.868. The zero-order chi connectivity index (χ0) is 13.1. The smallest absolute Gasteiger partial charge is 0.259 e. The molecule has 0 atom stereocenters. The summed E-state index contributed by atoms with van der Waals surface area (Å²) in [5, 5.41) is 9.44. The maximum absolute atomic E-state index is 12.0. The van der Waals surface area contributed by atoms with Crippen LogP contribution in [-0.4, -0.2) is 30.2 Å². The number of benzene rings is 1. The molecule has 0 aliphatic heterocycles. The van der Waals surface area contributed by atoms with Crippen molar-refractivity contribution >= 4 is 17.3 Å². The maximum atomic E-state index is 12.0. The minimum atomic E-state index is -0.155. The lowest BCUT2D eigenvalue weighted by molar-refractivity contribution is 0.102. The lowest BCUT2D eigenvalue weighted by atomic mass is 10.2. The molecule has 0 radical (unpaired) electrons. The summed E-state index contributed by atoms with van der Waals surface area (Å²) in [7, 11) is 3.92. The first kappa shape index (κ1) is 12.2. The van der Waals surface area contributed by atoms with E-state index in [4.69, 9.17) is 0 Å². The van der Waals surface area contributed by atoms with Gasteiger partial charge in [0.2, 0.25) is 0 Å². The van der Waals surface area contributed by atoms with Crippen LogP contribution in [0.5, 0.6) is 0 Å². The Hall–Kier alpha value is -2.30. The van der Waals surface area contributed by atoms with Crippen LogP contribution >= 0.6 is 0 Å². The summed E-state index contributed by atoms with van der Waals surface area (Å²) in [6.45, 7) is 1.82. The summed E-state index contributed by atoms with van der Waals surface area (Å²) in [5.74, 6) is -0.155. The van der Waals surface area contributed by atoms with Crippen LogP contribution in [0.2, 0.25) is 0 Å². The van der Waals surface area contributed by atoms with Gasteiger partial charge in [0.25, 0.3) is 5.91 Å². The highest BCUT2D eigenvalue weighted by Crippen LogP contribution is 2.18. The fraction of sp³-hybridized carbons (Fsp3) is 0.231. The van der Waals surface area contributed by atoms with E-state index in [-0.39, 0.29) is 5.91 Å². The fourth-order valence-electron chi connectivity index (χ4n) is 1.64. The van der Waals surface area contributed by atoms with Crippen molar-refractivity contribution in [3.63, 3.8) is 0 Å². The molecule has 0 unspecified atom stereocenters. The number of rotatable bonds is 3. The minimum Gasteiger partial charge on any atom is -0.378 e. The Morgan fingerprint density at radius 3 is 2.78 bits per heavy atom. The number of H-pyrrole nitrogens is 1. The first-order valence-electron chi connectivity index (χ1n) is 5.66. The summed E-state index contributed by atoms with van der Waals surface area (Å²) < 4.78 is 0. The van der Waals surface area contributed by atoms with Crippen LogP contribution in [0.3, 0.4) is 0 Å². The number of nitrogens with one attached hydrogen (secondary N) is 2. The number of carbonyl (C=O) groups is 1. The van der Waals surface area contributed by atoms with E-state index in [9.17, 15) is 4.79 Å².